The molecule has 1 atom stereocenters. The van der Waals surface area contributed by atoms with Gasteiger partial charge in [0.2, 0.25) is 0 Å². The molecule has 0 aromatic carbocycles. The van der Waals surface area contributed by atoms with E-state index in [0.29, 0.717) is 19.1 Å². The Morgan fingerprint density at radius 1 is 1.39 bits per heavy atom. The first-order chi connectivity index (χ1) is 11.1. The number of morpholine rings is 1. The van der Waals surface area contributed by atoms with E-state index in [-0.39, 0.29) is 6.03 Å². The molecule has 1 fully saturated rings. The number of hydrogen-bond donors (Lipinski definition) is 2. The second-order valence-electron chi connectivity index (χ2n) is 5.94. The number of nitrogens with zero attached hydrogens (tertiary/aromatic N) is 3. The van der Waals surface area contributed by atoms with Gasteiger partial charge in [-0.05, 0) is 13.0 Å². The van der Waals surface area contributed by atoms with E-state index in [1.54, 1.807) is 6.20 Å². The first kappa shape index (κ1) is 17.5. The normalized spacial score (nSPS) is 16.7. The minimum Gasteiger partial charge on any atom is -0.379 e. The fraction of sp³-hybridized carbons (Fsp3) is 0.625. The van der Waals surface area contributed by atoms with Gasteiger partial charge in [-0.15, -0.1) is 0 Å². The quantitative estimate of drug-likeness (QED) is 0.806. The summed E-state index contributed by atoms with van der Waals surface area (Å²) >= 11 is 0. The average molecular weight is 321 g/mol. The maximum Gasteiger partial charge on any atom is 0.315 e. The summed E-state index contributed by atoms with van der Waals surface area (Å²) in [6.45, 7) is 6.59. The zero-order chi connectivity index (χ0) is 16.7. The van der Waals surface area contributed by atoms with Gasteiger partial charge in [0.25, 0.3) is 0 Å². The number of pyridine rings is 1. The van der Waals surface area contributed by atoms with Crippen molar-refractivity contribution in [2.45, 2.75) is 19.5 Å². The predicted molar refractivity (Wildman–Crippen MR) is 90.7 cm³/mol. The van der Waals surface area contributed by atoms with Crippen molar-refractivity contribution >= 4 is 11.8 Å². The van der Waals surface area contributed by atoms with Crippen molar-refractivity contribution in [3.05, 3.63) is 23.9 Å². The first-order valence-corrected chi connectivity index (χ1v) is 8.02. The summed E-state index contributed by atoms with van der Waals surface area (Å²) < 4.78 is 5.34. The van der Waals surface area contributed by atoms with E-state index in [2.05, 4.69) is 27.4 Å². The summed E-state index contributed by atoms with van der Waals surface area (Å²) in [5.74, 6) is 0.870. The monoisotopic (exact) mass is 321 g/mol. The molecule has 0 spiro atoms. The SMILES string of the molecule is C[C@@H](CNC(=O)NCc1cccnc1N(C)C)N1CCOCC1. The number of aromatic nitrogens is 1. The van der Waals surface area contributed by atoms with Crippen LogP contribution in [0.2, 0.25) is 0 Å². The van der Waals surface area contributed by atoms with Crippen molar-refractivity contribution in [1.29, 1.82) is 0 Å². The van der Waals surface area contributed by atoms with Crippen LogP contribution < -0.4 is 15.5 Å². The van der Waals surface area contributed by atoms with E-state index in [1.165, 1.54) is 0 Å². The molecule has 2 heterocycles. The molecular weight excluding hydrogens is 294 g/mol. The molecule has 1 aromatic heterocycles. The largest absolute Gasteiger partial charge is 0.379 e. The fourth-order valence-corrected chi connectivity index (χ4v) is 2.60. The van der Waals surface area contributed by atoms with Crippen LogP contribution in [0.4, 0.5) is 10.6 Å². The number of ether oxygens (including phenoxy) is 1. The van der Waals surface area contributed by atoms with Crippen molar-refractivity contribution in [2.24, 2.45) is 0 Å². The summed E-state index contributed by atoms with van der Waals surface area (Å²) in [5.41, 5.74) is 0.994. The lowest BCUT2D eigenvalue weighted by molar-refractivity contribution is 0.0209. The van der Waals surface area contributed by atoms with Crippen LogP contribution >= 0.6 is 0 Å². The van der Waals surface area contributed by atoms with Gasteiger partial charge in [0.15, 0.2) is 0 Å². The van der Waals surface area contributed by atoms with E-state index in [9.17, 15) is 4.79 Å². The summed E-state index contributed by atoms with van der Waals surface area (Å²) in [5, 5.41) is 5.82. The molecule has 0 radical (unpaired) electrons. The third-order valence-electron chi connectivity index (χ3n) is 3.96. The third-order valence-corrected chi connectivity index (χ3v) is 3.96. The number of nitrogens with one attached hydrogen (secondary N) is 2. The Morgan fingerprint density at radius 3 is 2.83 bits per heavy atom. The molecule has 0 bridgehead atoms. The van der Waals surface area contributed by atoms with Crippen LogP contribution in [-0.2, 0) is 11.3 Å². The third kappa shape index (κ3) is 5.37. The number of urea groups is 1. The van der Waals surface area contributed by atoms with Gasteiger partial charge in [0, 0.05) is 58.1 Å². The molecule has 1 aliphatic rings. The molecular formula is C16H27N5O2. The number of carbonyl (C=O) groups is 1. The van der Waals surface area contributed by atoms with E-state index in [4.69, 9.17) is 4.74 Å². The van der Waals surface area contributed by atoms with Crippen LogP contribution in [0.15, 0.2) is 18.3 Å². The van der Waals surface area contributed by atoms with Gasteiger partial charge in [0.05, 0.1) is 13.2 Å². The van der Waals surface area contributed by atoms with Gasteiger partial charge in [0.1, 0.15) is 5.82 Å². The molecule has 1 saturated heterocycles. The number of hydrogen-bond acceptors (Lipinski definition) is 5. The Labute approximate surface area is 138 Å². The van der Waals surface area contributed by atoms with Gasteiger partial charge in [-0.1, -0.05) is 6.07 Å². The summed E-state index contributed by atoms with van der Waals surface area (Å²) in [6.07, 6.45) is 1.75. The molecule has 1 aromatic rings. The highest BCUT2D eigenvalue weighted by molar-refractivity contribution is 5.74. The Kier molecular flexibility index (Phi) is 6.61. The van der Waals surface area contributed by atoms with Crippen LogP contribution in [0.1, 0.15) is 12.5 Å². The van der Waals surface area contributed by atoms with Crippen LogP contribution in [0.25, 0.3) is 0 Å². The Hall–Kier alpha value is -1.86. The van der Waals surface area contributed by atoms with Crippen molar-refractivity contribution in [3.8, 4) is 0 Å². The number of carbonyl (C=O) groups excluding carboxylic acids is 1. The van der Waals surface area contributed by atoms with Gasteiger partial charge < -0.3 is 20.3 Å². The van der Waals surface area contributed by atoms with Crippen LogP contribution in [-0.4, -0.2) is 68.9 Å². The van der Waals surface area contributed by atoms with E-state index < -0.39 is 0 Å². The molecule has 0 saturated carbocycles. The summed E-state index contributed by atoms with van der Waals surface area (Å²) in [7, 11) is 3.88. The van der Waals surface area contributed by atoms with E-state index in [1.807, 2.05) is 31.1 Å². The maximum atomic E-state index is 12.0. The Bertz CT molecular complexity index is 503. The molecule has 2 N–H and O–H groups in total. The van der Waals surface area contributed by atoms with Crippen LogP contribution in [0, 0.1) is 0 Å². The van der Waals surface area contributed by atoms with E-state index in [0.717, 1.165) is 37.7 Å². The van der Waals surface area contributed by atoms with Crippen LogP contribution in [0.5, 0.6) is 0 Å². The van der Waals surface area contributed by atoms with Crippen molar-refractivity contribution in [3.63, 3.8) is 0 Å². The molecule has 7 nitrogen and oxygen atoms in total. The van der Waals surface area contributed by atoms with Gasteiger partial charge >= 0.3 is 6.03 Å². The minimum atomic E-state index is -0.154. The van der Waals surface area contributed by atoms with E-state index >= 15 is 0 Å². The fourth-order valence-electron chi connectivity index (χ4n) is 2.60. The molecule has 0 unspecified atom stereocenters. The molecule has 1 aliphatic heterocycles. The first-order valence-electron chi connectivity index (χ1n) is 8.02. The second kappa shape index (κ2) is 8.69. The second-order valence-corrected chi connectivity index (χ2v) is 5.94. The topological polar surface area (TPSA) is 69.7 Å². The molecule has 23 heavy (non-hydrogen) atoms. The molecule has 2 amide bonds. The average Bonchev–Trinajstić information content (AvgIpc) is 2.58. The highest BCUT2D eigenvalue weighted by Crippen LogP contribution is 2.13. The van der Waals surface area contributed by atoms with Crippen molar-refractivity contribution < 1.29 is 9.53 Å². The molecule has 2 rings (SSSR count). The van der Waals surface area contributed by atoms with Crippen molar-refractivity contribution in [2.75, 3.05) is 51.8 Å². The zero-order valence-electron chi connectivity index (χ0n) is 14.2. The summed E-state index contributed by atoms with van der Waals surface area (Å²) in [6, 6.07) is 4.00. The number of amides is 2. The molecule has 0 aliphatic carbocycles. The highest BCUT2D eigenvalue weighted by Gasteiger charge is 2.17. The summed E-state index contributed by atoms with van der Waals surface area (Å²) in [4.78, 5) is 20.6. The van der Waals surface area contributed by atoms with Crippen LogP contribution in [0.3, 0.4) is 0 Å². The predicted octanol–water partition coefficient (Wildman–Crippen LogP) is 0.668. The molecule has 7 heteroatoms. The zero-order valence-corrected chi connectivity index (χ0v) is 14.2. The van der Waals surface area contributed by atoms with Gasteiger partial charge in [-0.3, -0.25) is 4.90 Å². The Morgan fingerprint density at radius 2 is 2.13 bits per heavy atom. The van der Waals surface area contributed by atoms with Crippen molar-refractivity contribution in [1.82, 2.24) is 20.5 Å². The maximum absolute atomic E-state index is 12.0. The highest BCUT2D eigenvalue weighted by atomic mass is 16.5. The van der Waals surface area contributed by atoms with Gasteiger partial charge in [-0.25, -0.2) is 9.78 Å². The standard InChI is InChI=1S/C16H27N5O2/c1-13(21-7-9-23-10-8-21)11-18-16(22)19-12-14-5-4-6-17-15(14)20(2)3/h4-6,13H,7-12H2,1-3H3,(H2,18,19,22)/t13-/m0/s1. The lowest BCUT2D eigenvalue weighted by Crippen LogP contribution is -2.48. The number of anilines is 1. The minimum absolute atomic E-state index is 0.154. The molecule has 128 valence electrons. The number of rotatable bonds is 6. The van der Waals surface area contributed by atoms with Gasteiger partial charge in [-0.2, -0.15) is 0 Å². The Balaban J connectivity index is 1.75. The lowest BCUT2D eigenvalue weighted by atomic mass is 10.2. The smallest absolute Gasteiger partial charge is 0.315 e. The lowest BCUT2D eigenvalue weighted by Gasteiger charge is -2.32.